The average Bonchev–Trinajstić information content (AvgIpc) is 2.09. The number of ether oxygens (including phenoxy) is 2. The van der Waals surface area contributed by atoms with Gasteiger partial charge in [0.25, 0.3) is 0 Å². The molecule has 0 radical (unpaired) electrons. The molecular weight excluding hydrogens is 192 g/mol. The van der Waals surface area contributed by atoms with E-state index >= 15 is 0 Å². The minimum absolute atomic E-state index is 0.123. The lowest BCUT2D eigenvalue weighted by Crippen LogP contribution is -2.36. The second-order valence-electron chi connectivity index (χ2n) is 5.10. The molecule has 0 spiro atoms. The van der Waals surface area contributed by atoms with Crippen LogP contribution in [0.4, 0.5) is 0 Å². The van der Waals surface area contributed by atoms with Crippen LogP contribution in [0.1, 0.15) is 48.0 Å². The topological polar surface area (TPSA) is 35.5 Å². The number of hydrogen-bond acceptors (Lipinski definition) is 3. The standard InChI is InChI=1S/C12H24O3/c1-7-10(13)12(5,6)15-9-8-14-11(2,3)4/h7-9H2,1-6H3. The lowest BCUT2D eigenvalue weighted by Gasteiger charge is -2.25. The van der Waals surface area contributed by atoms with Gasteiger partial charge in [0.05, 0.1) is 18.8 Å². The molecule has 0 atom stereocenters. The lowest BCUT2D eigenvalue weighted by atomic mass is 10.0. The van der Waals surface area contributed by atoms with Gasteiger partial charge in [-0.3, -0.25) is 4.79 Å². The molecule has 0 rings (SSSR count). The first-order chi connectivity index (χ1) is 6.69. The minimum Gasteiger partial charge on any atom is -0.373 e. The van der Waals surface area contributed by atoms with E-state index in [-0.39, 0.29) is 11.4 Å². The summed E-state index contributed by atoms with van der Waals surface area (Å²) in [5.41, 5.74) is -0.835. The molecule has 0 saturated carbocycles. The van der Waals surface area contributed by atoms with E-state index in [1.54, 1.807) is 13.8 Å². The van der Waals surface area contributed by atoms with Crippen LogP contribution in [-0.2, 0) is 14.3 Å². The van der Waals surface area contributed by atoms with Gasteiger partial charge in [-0.25, -0.2) is 0 Å². The Morgan fingerprint density at radius 2 is 1.47 bits per heavy atom. The summed E-state index contributed by atoms with van der Waals surface area (Å²) >= 11 is 0. The second-order valence-corrected chi connectivity index (χ2v) is 5.10. The highest BCUT2D eigenvalue weighted by molar-refractivity contribution is 5.86. The average molecular weight is 216 g/mol. The third kappa shape index (κ3) is 6.63. The smallest absolute Gasteiger partial charge is 0.163 e. The Hall–Kier alpha value is -0.410. The van der Waals surface area contributed by atoms with Crippen LogP contribution in [0.2, 0.25) is 0 Å². The van der Waals surface area contributed by atoms with Crippen molar-refractivity contribution in [2.45, 2.75) is 59.2 Å². The van der Waals surface area contributed by atoms with Crippen LogP contribution in [-0.4, -0.2) is 30.2 Å². The molecule has 0 aliphatic heterocycles. The number of Topliss-reactive ketones (excluding diaryl/α,β-unsaturated/α-hetero) is 1. The second kappa shape index (κ2) is 5.61. The molecule has 3 nitrogen and oxygen atoms in total. The number of carbonyl (C=O) groups is 1. The van der Waals surface area contributed by atoms with Crippen molar-refractivity contribution in [3.05, 3.63) is 0 Å². The summed E-state index contributed by atoms with van der Waals surface area (Å²) in [6.45, 7) is 12.4. The minimum atomic E-state index is -0.685. The fraction of sp³-hybridized carbons (Fsp3) is 0.917. The van der Waals surface area contributed by atoms with Gasteiger partial charge in [0, 0.05) is 6.42 Å². The van der Waals surface area contributed by atoms with Gasteiger partial charge in [0.1, 0.15) is 5.60 Å². The van der Waals surface area contributed by atoms with Gasteiger partial charge in [-0.1, -0.05) is 6.92 Å². The van der Waals surface area contributed by atoms with Crippen molar-refractivity contribution in [3.8, 4) is 0 Å². The van der Waals surface area contributed by atoms with E-state index in [4.69, 9.17) is 9.47 Å². The van der Waals surface area contributed by atoms with Crippen molar-refractivity contribution < 1.29 is 14.3 Å². The van der Waals surface area contributed by atoms with E-state index in [9.17, 15) is 4.79 Å². The molecular formula is C12H24O3. The molecule has 0 aromatic carbocycles. The molecule has 0 saturated heterocycles. The van der Waals surface area contributed by atoms with Crippen molar-refractivity contribution in [1.29, 1.82) is 0 Å². The van der Waals surface area contributed by atoms with E-state index in [0.717, 1.165) is 0 Å². The summed E-state index contributed by atoms with van der Waals surface area (Å²) in [7, 11) is 0. The normalized spacial score (nSPS) is 12.9. The predicted octanol–water partition coefficient (Wildman–Crippen LogP) is 2.58. The first-order valence-electron chi connectivity index (χ1n) is 5.50. The molecule has 0 bridgehead atoms. The van der Waals surface area contributed by atoms with Crippen molar-refractivity contribution in [1.82, 2.24) is 0 Å². The van der Waals surface area contributed by atoms with Crippen molar-refractivity contribution in [3.63, 3.8) is 0 Å². The summed E-state index contributed by atoms with van der Waals surface area (Å²) in [5.74, 6) is 0.123. The number of carbonyl (C=O) groups excluding carboxylic acids is 1. The molecule has 0 N–H and O–H groups in total. The molecule has 0 aliphatic rings. The highest BCUT2D eigenvalue weighted by Crippen LogP contribution is 2.13. The molecule has 0 aliphatic carbocycles. The van der Waals surface area contributed by atoms with Gasteiger partial charge in [-0.2, -0.15) is 0 Å². The first kappa shape index (κ1) is 14.6. The zero-order valence-electron chi connectivity index (χ0n) is 10.8. The Kier molecular flexibility index (Phi) is 5.46. The van der Waals surface area contributed by atoms with E-state index < -0.39 is 5.60 Å². The third-order valence-corrected chi connectivity index (χ3v) is 2.07. The monoisotopic (exact) mass is 216 g/mol. The zero-order chi connectivity index (χ0) is 12.1. The van der Waals surface area contributed by atoms with Crippen molar-refractivity contribution >= 4 is 5.78 Å². The fourth-order valence-corrected chi connectivity index (χ4v) is 1.15. The molecule has 3 heteroatoms. The Labute approximate surface area is 93.1 Å². The van der Waals surface area contributed by atoms with Gasteiger partial charge in [-0.05, 0) is 34.6 Å². The summed E-state index contributed by atoms with van der Waals surface area (Å²) in [4.78, 5) is 11.5. The SMILES string of the molecule is CCC(=O)C(C)(C)OCCOC(C)(C)C. The van der Waals surface area contributed by atoms with Crippen molar-refractivity contribution in [2.24, 2.45) is 0 Å². The van der Waals surface area contributed by atoms with Crippen molar-refractivity contribution in [2.75, 3.05) is 13.2 Å². The number of ketones is 1. The molecule has 90 valence electrons. The van der Waals surface area contributed by atoms with Gasteiger partial charge in [-0.15, -0.1) is 0 Å². The van der Waals surface area contributed by atoms with Gasteiger partial charge in [0.2, 0.25) is 0 Å². The van der Waals surface area contributed by atoms with Crippen LogP contribution in [0.15, 0.2) is 0 Å². The quantitative estimate of drug-likeness (QED) is 0.640. The van der Waals surface area contributed by atoms with Crippen LogP contribution in [0.5, 0.6) is 0 Å². The van der Waals surface area contributed by atoms with Crippen LogP contribution in [0.3, 0.4) is 0 Å². The van der Waals surface area contributed by atoms with E-state index in [0.29, 0.717) is 19.6 Å². The van der Waals surface area contributed by atoms with E-state index in [1.807, 2.05) is 27.7 Å². The van der Waals surface area contributed by atoms with Crippen LogP contribution in [0.25, 0.3) is 0 Å². The lowest BCUT2D eigenvalue weighted by molar-refractivity contribution is -0.143. The summed E-state index contributed by atoms with van der Waals surface area (Å²) in [6, 6.07) is 0. The van der Waals surface area contributed by atoms with Gasteiger partial charge >= 0.3 is 0 Å². The molecule has 15 heavy (non-hydrogen) atoms. The molecule has 0 amide bonds. The van der Waals surface area contributed by atoms with Gasteiger partial charge < -0.3 is 9.47 Å². The van der Waals surface area contributed by atoms with Crippen LogP contribution in [0, 0.1) is 0 Å². The largest absolute Gasteiger partial charge is 0.373 e. The van der Waals surface area contributed by atoms with Gasteiger partial charge in [0.15, 0.2) is 5.78 Å². The number of hydrogen-bond donors (Lipinski definition) is 0. The zero-order valence-corrected chi connectivity index (χ0v) is 10.8. The van der Waals surface area contributed by atoms with E-state index in [1.165, 1.54) is 0 Å². The highest BCUT2D eigenvalue weighted by Gasteiger charge is 2.26. The first-order valence-corrected chi connectivity index (χ1v) is 5.50. The Morgan fingerprint density at radius 1 is 1.00 bits per heavy atom. The Balaban J connectivity index is 3.81. The maximum absolute atomic E-state index is 11.5. The molecule has 0 fully saturated rings. The third-order valence-electron chi connectivity index (χ3n) is 2.07. The van der Waals surface area contributed by atoms with Crippen LogP contribution >= 0.6 is 0 Å². The maximum Gasteiger partial charge on any atom is 0.163 e. The molecule has 0 unspecified atom stereocenters. The fourth-order valence-electron chi connectivity index (χ4n) is 1.15. The summed E-state index contributed by atoms with van der Waals surface area (Å²) in [6.07, 6.45) is 0.507. The molecule has 0 heterocycles. The van der Waals surface area contributed by atoms with Crippen LogP contribution < -0.4 is 0 Å². The van der Waals surface area contributed by atoms with E-state index in [2.05, 4.69) is 0 Å². The Bertz CT molecular complexity index is 201. The summed E-state index contributed by atoms with van der Waals surface area (Å²) < 4.78 is 11.0. The predicted molar refractivity (Wildman–Crippen MR) is 61.0 cm³/mol. The number of rotatable bonds is 6. The Morgan fingerprint density at radius 3 is 1.87 bits per heavy atom. The maximum atomic E-state index is 11.5. The highest BCUT2D eigenvalue weighted by atomic mass is 16.5. The molecule has 0 aromatic heterocycles. The summed E-state index contributed by atoms with van der Waals surface area (Å²) in [5, 5.41) is 0. The molecule has 0 aromatic rings.